The summed E-state index contributed by atoms with van der Waals surface area (Å²) in [7, 11) is -10.9. The number of hydrogen-bond donors (Lipinski definition) is 5. The van der Waals surface area contributed by atoms with Gasteiger partial charge in [-0.3, -0.25) is 23.2 Å². The molecule has 1 saturated heterocycles. The molecule has 0 aromatic carbocycles. The van der Waals surface area contributed by atoms with Gasteiger partial charge in [0.1, 0.15) is 30.7 Å². The summed E-state index contributed by atoms with van der Waals surface area (Å²) in [6, 6.07) is 1.24. The van der Waals surface area contributed by atoms with Crippen LogP contribution in [0.4, 0.5) is 5.82 Å². The number of nitrogen functional groups attached to an aromatic ring is 1. The second-order valence-electron chi connectivity index (χ2n) is 17.6. The Hall–Kier alpha value is -3.80. The lowest BCUT2D eigenvalue weighted by Gasteiger charge is -2.21. The molecule has 3 unspecified atom stereocenters. The Morgan fingerprint density at radius 2 is 1.17 bits per heavy atom. The summed E-state index contributed by atoms with van der Waals surface area (Å²) in [6.45, 7) is 2.00. The molecule has 20 heteroatoms. The van der Waals surface area contributed by atoms with Gasteiger partial charge in [0.25, 0.3) is 0 Å². The van der Waals surface area contributed by atoms with Gasteiger partial charge in [-0.25, -0.2) is 13.9 Å². The standard InChI is InChI=1S/C52H85N3O15P2/c1-3-5-7-9-11-13-15-17-19-20-21-22-24-26-28-30-32-34-36-38-48(57)68-44(41-65-47(56)37-35-33-31-29-27-25-23-18-16-14-12-10-8-6-4-2)42-66-71(61,62)70-72(63,64)67-43-45-49(58)50(59)51(69-45)55-40-39-46(53)54-52(55)60/h5,7,11,13,17-19,21-23,26,28,39-40,44-45,49-51,58-59H,3-4,6,8-10,12,14-16,20,24-25,27,29-38,41-43H2,1-2H3,(H,61,62)(H,63,64)(H2,53,54,60)/b7-5-,13-11-,19-17-,22-21-,23-18-,28-26-/t44-,45-,49+,50?,51-/m1/s1. The molecular weight excluding hydrogens is 969 g/mol. The van der Waals surface area contributed by atoms with E-state index in [9.17, 15) is 43.5 Å². The maximum Gasteiger partial charge on any atom is 0.481 e. The van der Waals surface area contributed by atoms with Crippen LogP contribution in [0.1, 0.15) is 174 Å². The SMILES string of the molecule is CC/C=C\C/C=C\C/C=C\C/C=C\C/C=C\CCCCCC(=O)O[C@H](COC(=O)CCCCCCC/C=C\CCCCCCCC)COP(=O)(O)OP(=O)(O)OC[C@H]1O[C@@H](n2ccc(N)nc2=O)C(O)[C@H]1O. The average molecular weight is 1050 g/mol. The van der Waals surface area contributed by atoms with E-state index in [4.69, 9.17) is 29.0 Å². The Bertz CT molecular complexity index is 1990. The number of phosphoric ester groups is 2. The van der Waals surface area contributed by atoms with E-state index in [1.807, 2.05) is 0 Å². The second-order valence-corrected chi connectivity index (χ2v) is 20.7. The number of nitrogens with zero attached hydrogens (tertiary/aromatic N) is 2. The molecule has 7 atom stereocenters. The summed E-state index contributed by atoms with van der Waals surface area (Å²) in [5.74, 6) is -1.35. The Morgan fingerprint density at radius 3 is 1.74 bits per heavy atom. The van der Waals surface area contributed by atoms with Gasteiger partial charge in [-0.1, -0.05) is 145 Å². The molecule has 2 heterocycles. The van der Waals surface area contributed by atoms with Crippen LogP contribution in [0.25, 0.3) is 0 Å². The van der Waals surface area contributed by atoms with Crippen molar-refractivity contribution in [1.29, 1.82) is 0 Å². The third-order valence-electron chi connectivity index (χ3n) is 11.3. The highest BCUT2D eigenvalue weighted by Crippen LogP contribution is 2.60. The van der Waals surface area contributed by atoms with Crippen molar-refractivity contribution in [3.8, 4) is 0 Å². The number of ether oxygens (including phenoxy) is 3. The average Bonchev–Trinajstić information content (AvgIpc) is 3.62. The van der Waals surface area contributed by atoms with Gasteiger partial charge >= 0.3 is 33.3 Å². The van der Waals surface area contributed by atoms with Gasteiger partial charge in [0.15, 0.2) is 12.3 Å². The van der Waals surface area contributed by atoms with Crippen molar-refractivity contribution in [2.45, 2.75) is 199 Å². The zero-order valence-electron chi connectivity index (χ0n) is 42.7. The molecule has 1 aromatic heterocycles. The molecule has 0 radical (unpaired) electrons. The highest BCUT2D eigenvalue weighted by molar-refractivity contribution is 7.61. The number of aliphatic hydroxyl groups is 2. The normalized spacial score (nSPS) is 19.6. The van der Waals surface area contributed by atoms with Gasteiger partial charge in [-0.15, -0.1) is 0 Å². The Labute approximate surface area is 427 Å². The van der Waals surface area contributed by atoms with Gasteiger partial charge in [-0.2, -0.15) is 9.29 Å². The number of hydrogen-bond acceptors (Lipinski definition) is 15. The summed E-state index contributed by atoms with van der Waals surface area (Å²) in [5, 5.41) is 20.9. The van der Waals surface area contributed by atoms with E-state index in [1.54, 1.807) is 0 Å². The molecule has 2 rings (SSSR count). The number of phosphoric acid groups is 2. The van der Waals surface area contributed by atoms with Crippen LogP contribution in [0.5, 0.6) is 0 Å². The number of esters is 2. The topological polar surface area (TPSA) is 265 Å². The first-order valence-corrected chi connectivity index (χ1v) is 28.9. The van der Waals surface area contributed by atoms with Gasteiger partial charge in [0.05, 0.1) is 13.2 Å². The highest BCUT2D eigenvalue weighted by Gasteiger charge is 2.46. The maximum atomic E-state index is 12.9. The fourth-order valence-corrected chi connectivity index (χ4v) is 9.38. The molecule has 1 aromatic rings. The quantitative estimate of drug-likeness (QED) is 0.0176. The Kier molecular flexibility index (Phi) is 35.4. The van der Waals surface area contributed by atoms with Crippen LogP contribution in [-0.4, -0.2) is 85.7 Å². The highest BCUT2D eigenvalue weighted by atomic mass is 31.3. The number of unbranched alkanes of at least 4 members (excludes halogenated alkanes) is 14. The predicted octanol–water partition coefficient (Wildman–Crippen LogP) is 10.9. The van der Waals surface area contributed by atoms with E-state index < -0.39 is 83.7 Å². The van der Waals surface area contributed by atoms with Crippen molar-refractivity contribution >= 4 is 33.4 Å². The van der Waals surface area contributed by atoms with Crippen molar-refractivity contribution in [2.75, 3.05) is 25.6 Å². The molecule has 0 saturated carbocycles. The van der Waals surface area contributed by atoms with Crippen molar-refractivity contribution in [2.24, 2.45) is 0 Å². The smallest absolute Gasteiger partial charge is 0.462 e. The van der Waals surface area contributed by atoms with Crippen LogP contribution in [0.2, 0.25) is 0 Å². The van der Waals surface area contributed by atoms with E-state index in [-0.39, 0.29) is 18.7 Å². The zero-order chi connectivity index (χ0) is 52.7. The van der Waals surface area contributed by atoms with Gasteiger partial charge in [0, 0.05) is 19.0 Å². The molecule has 6 N–H and O–H groups in total. The molecule has 72 heavy (non-hydrogen) atoms. The number of carbonyl (C=O) groups is 2. The summed E-state index contributed by atoms with van der Waals surface area (Å²) in [6.07, 6.45) is 41.2. The molecule has 1 fully saturated rings. The number of aliphatic hydroxyl groups excluding tert-OH is 2. The molecule has 1 aliphatic rings. The number of nitrogens with two attached hydrogens (primary N) is 1. The van der Waals surface area contributed by atoms with Crippen LogP contribution in [0.15, 0.2) is 90.0 Å². The van der Waals surface area contributed by atoms with Gasteiger partial charge in [0.2, 0.25) is 0 Å². The number of aromatic nitrogens is 2. The van der Waals surface area contributed by atoms with Crippen molar-refractivity contribution in [3.63, 3.8) is 0 Å². The number of rotatable bonds is 42. The number of carbonyl (C=O) groups excluding carboxylic acids is 2. The number of allylic oxidation sites excluding steroid dienone is 12. The molecule has 0 bridgehead atoms. The molecule has 0 amide bonds. The minimum atomic E-state index is -5.44. The van der Waals surface area contributed by atoms with E-state index in [2.05, 4.69) is 96.1 Å². The van der Waals surface area contributed by atoms with Crippen molar-refractivity contribution in [3.05, 3.63) is 95.7 Å². The Morgan fingerprint density at radius 1 is 0.681 bits per heavy atom. The van der Waals surface area contributed by atoms with Crippen LogP contribution in [-0.2, 0) is 46.3 Å². The molecule has 0 aliphatic carbocycles. The van der Waals surface area contributed by atoms with E-state index >= 15 is 0 Å². The third kappa shape index (κ3) is 31.7. The molecule has 18 nitrogen and oxygen atoms in total. The van der Waals surface area contributed by atoms with Gasteiger partial charge < -0.3 is 39.9 Å². The number of anilines is 1. The monoisotopic (exact) mass is 1050 g/mol. The molecule has 408 valence electrons. The summed E-state index contributed by atoms with van der Waals surface area (Å²) in [4.78, 5) is 61.9. The second kappa shape index (κ2) is 39.6. The fourth-order valence-electron chi connectivity index (χ4n) is 7.27. The lowest BCUT2D eigenvalue weighted by molar-refractivity contribution is -0.161. The molecule has 1 aliphatic heterocycles. The largest absolute Gasteiger partial charge is 0.481 e. The zero-order valence-corrected chi connectivity index (χ0v) is 44.5. The van der Waals surface area contributed by atoms with Crippen molar-refractivity contribution in [1.82, 2.24) is 9.55 Å². The first-order valence-electron chi connectivity index (χ1n) is 25.9. The lowest BCUT2D eigenvalue weighted by atomic mass is 10.1. The first kappa shape index (κ1) is 64.3. The maximum absolute atomic E-state index is 12.9. The van der Waals surface area contributed by atoms with Crippen LogP contribution in [0, 0.1) is 0 Å². The van der Waals surface area contributed by atoms with Crippen LogP contribution >= 0.6 is 15.6 Å². The third-order valence-corrected chi connectivity index (χ3v) is 13.9. The first-order chi connectivity index (χ1) is 34.7. The van der Waals surface area contributed by atoms with Gasteiger partial charge in [-0.05, 0) is 89.5 Å². The predicted molar refractivity (Wildman–Crippen MR) is 279 cm³/mol. The molecule has 0 spiro atoms. The minimum absolute atomic E-state index is 0.00607. The van der Waals surface area contributed by atoms with Crippen LogP contribution in [0.3, 0.4) is 0 Å². The Balaban J connectivity index is 1.82. The summed E-state index contributed by atoms with van der Waals surface area (Å²) >= 11 is 0. The lowest BCUT2D eigenvalue weighted by Crippen LogP contribution is -2.36. The minimum Gasteiger partial charge on any atom is -0.462 e. The van der Waals surface area contributed by atoms with E-state index in [0.717, 1.165) is 101 Å². The fraction of sp³-hybridized carbons (Fsp3) is 0.654. The van der Waals surface area contributed by atoms with E-state index in [1.165, 1.54) is 44.6 Å². The van der Waals surface area contributed by atoms with Crippen molar-refractivity contribution < 1.29 is 66.3 Å². The van der Waals surface area contributed by atoms with Crippen LogP contribution < -0.4 is 11.4 Å². The van der Waals surface area contributed by atoms with E-state index in [0.29, 0.717) is 12.8 Å². The molecular formula is C52H85N3O15P2. The summed E-state index contributed by atoms with van der Waals surface area (Å²) in [5.41, 5.74) is 4.59. The summed E-state index contributed by atoms with van der Waals surface area (Å²) < 4.78 is 56.8.